The second-order valence-corrected chi connectivity index (χ2v) is 5.81. The number of hydrogen-bond donors (Lipinski definition) is 0. The van der Waals surface area contributed by atoms with Crippen molar-refractivity contribution in [2.45, 2.75) is 44.6 Å². The summed E-state index contributed by atoms with van der Waals surface area (Å²) in [7, 11) is 4.22. The molecule has 3 heteroatoms. The number of carbonyl (C=O) groups excluding carboxylic acids is 1. The monoisotopic (exact) mass is 250 g/mol. The number of carbonyl (C=O) groups is 1. The van der Waals surface area contributed by atoms with Crippen LogP contribution in [0.2, 0.25) is 0 Å². The average molecular weight is 250 g/mol. The van der Waals surface area contributed by atoms with Crippen molar-refractivity contribution in [3.05, 3.63) is 11.6 Å². The molecule has 1 heterocycles. The Hall–Kier alpha value is -0.670. The van der Waals surface area contributed by atoms with E-state index in [-0.39, 0.29) is 6.04 Å². The minimum atomic E-state index is 0.0712. The van der Waals surface area contributed by atoms with Crippen molar-refractivity contribution in [1.29, 1.82) is 0 Å². The van der Waals surface area contributed by atoms with Gasteiger partial charge in [-0.3, -0.25) is 9.69 Å². The molecule has 1 aliphatic heterocycles. The number of ketones is 1. The van der Waals surface area contributed by atoms with E-state index in [1.807, 2.05) is 0 Å². The largest absolute Gasteiger partial charge is 0.304 e. The van der Waals surface area contributed by atoms with Crippen LogP contribution in [-0.2, 0) is 4.79 Å². The molecule has 0 radical (unpaired) electrons. The normalized spacial score (nSPS) is 28.3. The van der Waals surface area contributed by atoms with Gasteiger partial charge in [0.2, 0.25) is 0 Å². The molecule has 0 saturated carbocycles. The Kier molecular flexibility index (Phi) is 4.95. The summed E-state index contributed by atoms with van der Waals surface area (Å²) in [6.45, 7) is 3.02. The highest BCUT2D eigenvalue weighted by atomic mass is 16.1. The van der Waals surface area contributed by atoms with Gasteiger partial charge in [-0.05, 0) is 64.9 Å². The zero-order chi connectivity index (χ0) is 13.0. The molecule has 1 atom stereocenters. The van der Waals surface area contributed by atoms with Gasteiger partial charge in [0.25, 0.3) is 0 Å². The Morgan fingerprint density at radius 2 is 2.00 bits per heavy atom. The van der Waals surface area contributed by atoms with E-state index in [0.29, 0.717) is 5.78 Å². The van der Waals surface area contributed by atoms with Crippen molar-refractivity contribution < 1.29 is 4.79 Å². The van der Waals surface area contributed by atoms with Crippen LogP contribution in [0.4, 0.5) is 0 Å². The predicted octanol–water partition coefficient (Wildman–Crippen LogP) is 2.08. The lowest BCUT2D eigenvalue weighted by Gasteiger charge is -2.27. The first-order valence-corrected chi connectivity index (χ1v) is 7.30. The number of hydrogen-bond acceptors (Lipinski definition) is 3. The molecule has 3 nitrogen and oxygen atoms in total. The third kappa shape index (κ3) is 3.42. The molecule has 2 rings (SSSR count). The molecule has 0 N–H and O–H groups in total. The summed E-state index contributed by atoms with van der Waals surface area (Å²) < 4.78 is 0. The molecule has 0 aromatic carbocycles. The molecule has 0 amide bonds. The van der Waals surface area contributed by atoms with Crippen molar-refractivity contribution in [2.24, 2.45) is 0 Å². The number of allylic oxidation sites excluding steroid dienone is 1. The summed E-state index contributed by atoms with van der Waals surface area (Å²) in [5.74, 6) is 0.383. The van der Waals surface area contributed by atoms with E-state index in [9.17, 15) is 4.79 Å². The van der Waals surface area contributed by atoms with Crippen molar-refractivity contribution in [3.8, 4) is 0 Å². The van der Waals surface area contributed by atoms with E-state index >= 15 is 0 Å². The summed E-state index contributed by atoms with van der Waals surface area (Å²) in [6.07, 6.45) is 9.15. The molecule has 1 unspecified atom stereocenters. The van der Waals surface area contributed by atoms with Gasteiger partial charge in [0.05, 0.1) is 6.04 Å². The molecule has 1 aliphatic carbocycles. The molecule has 0 spiro atoms. The van der Waals surface area contributed by atoms with E-state index in [1.54, 1.807) is 0 Å². The quantitative estimate of drug-likeness (QED) is 0.749. The predicted molar refractivity (Wildman–Crippen MR) is 74.7 cm³/mol. The van der Waals surface area contributed by atoms with Crippen LogP contribution >= 0.6 is 0 Å². The third-order valence-electron chi connectivity index (χ3n) is 4.23. The summed E-state index contributed by atoms with van der Waals surface area (Å²) >= 11 is 0. The van der Waals surface area contributed by atoms with E-state index in [0.717, 1.165) is 44.5 Å². The van der Waals surface area contributed by atoms with Crippen LogP contribution in [-0.4, -0.2) is 55.4 Å². The van der Waals surface area contributed by atoms with Gasteiger partial charge in [0, 0.05) is 6.54 Å². The first kappa shape index (κ1) is 13.8. The Balaban J connectivity index is 2.07. The Labute approximate surface area is 111 Å². The van der Waals surface area contributed by atoms with E-state index in [2.05, 4.69) is 30.0 Å². The zero-order valence-corrected chi connectivity index (χ0v) is 11.8. The van der Waals surface area contributed by atoms with E-state index in [4.69, 9.17) is 0 Å². The lowest BCUT2D eigenvalue weighted by Crippen LogP contribution is -2.44. The van der Waals surface area contributed by atoms with Gasteiger partial charge < -0.3 is 4.90 Å². The zero-order valence-electron chi connectivity index (χ0n) is 11.8. The number of rotatable bonds is 2. The van der Waals surface area contributed by atoms with Crippen molar-refractivity contribution in [3.63, 3.8) is 0 Å². The van der Waals surface area contributed by atoms with Crippen LogP contribution in [0.15, 0.2) is 11.6 Å². The van der Waals surface area contributed by atoms with Crippen LogP contribution in [0.3, 0.4) is 0 Å². The summed E-state index contributed by atoms with van der Waals surface area (Å²) in [4.78, 5) is 17.2. The van der Waals surface area contributed by atoms with Gasteiger partial charge in [0.1, 0.15) is 0 Å². The highest BCUT2D eigenvalue weighted by Gasteiger charge is 2.28. The van der Waals surface area contributed by atoms with E-state index in [1.165, 1.54) is 19.3 Å². The fraction of sp³-hybridized carbons (Fsp3) is 0.800. The Bertz CT molecular complexity index is 324. The van der Waals surface area contributed by atoms with Crippen LogP contribution in [0.5, 0.6) is 0 Å². The van der Waals surface area contributed by atoms with Crippen LogP contribution in [0.25, 0.3) is 0 Å². The molecule has 2 aliphatic rings. The second kappa shape index (κ2) is 6.48. The minimum absolute atomic E-state index is 0.0712. The number of Topliss-reactive ketones (excluding diaryl/α,β-unsaturated/α-hetero) is 1. The summed E-state index contributed by atoms with van der Waals surface area (Å²) in [5.41, 5.74) is 1.10. The molecule has 102 valence electrons. The van der Waals surface area contributed by atoms with Gasteiger partial charge in [-0.25, -0.2) is 0 Å². The second-order valence-electron chi connectivity index (χ2n) is 5.81. The van der Waals surface area contributed by atoms with Crippen LogP contribution < -0.4 is 0 Å². The molecule has 0 bridgehead atoms. The standard InChI is InChI=1S/C15H26N2O/c1-16-10-7-11-17(2)14(12-16)15(18)13-8-5-3-4-6-9-13/h8,14H,3-7,9-12H2,1-2H3. The van der Waals surface area contributed by atoms with Crippen molar-refractivity contribution in [1.82, 2.24) is 9.80 Å². The highest BCUT2D eigenvalue weighted by molar-refractivity contribution is 5.99. The highest BCUT2D eigenvalue weighted by Crippen LogP contribution is 2.21. The minimum Gasteiger partial charge on any atom is -0.304 e. The van der Waals surface area contributed by atoms with Crippen molar-refractivity contribution >= 4 is 5.78 Å². The molecule has 18 heavy (non-hydrogen) atoms. The van der Waals surface area contributed by atoms with Gasteiger partial charge in [-0.1, -0.05) is 12.5 Å². The fourth-order valence-corrected chi connectivity index (χ4v) is 3.01. The maximum atomic E-state index is 12.7. The first-order chi connectivity index (χ1) is 8.68. The van der Waals surface area contributed by atoms with Gasteiger partial charge in [-0.2, -0.15) is 0 Å². The molecular formula is C15H26N2O. The lowest BCUT2D eigenvalue weighted by molar-refractivity contribution is -0.120. The first-order valence-electron chi connectivity index (χ1n) is 7.30. The SMILES string of the molecule is CN1CCCN(C)C(C(=O)C2=CCCCCC2)C1. The fourth-order valence-electron chi connectivity index (χ4n) is 3.01. The smallest absolute Gasteiger partial charge is 0.176 e. The summed E-state index contributed by atoms with van der Waals surface area (Å²) in [6, 6.07) is 0.0712. The molecule has 0 aromatic rings. The number of likely N-dealkylation sites (N-methyl/N-ethyl adjacent to an activating group) is 2. The van der Waals surface area contributed by atoms with Gasteiger partial charge in [0.15, 0.2) is 5.78 Å². The maximum absolute atomic E-state index is 12.7. The van der Waals surface area contributed by atoms with Crippen LogP contribution in [0.1, 0.15) is 38.5 Å². The van der Waals surface area contributed by atoms with Crippen LogP contribution in [0, 0.1) is 0 Å². The third-order valence-corrected chi connectivity index (χ3v) is 4.23. The van der Waals surface area contributed by atoms with Gasteiger partial charge >= 0.3 is 0 Å². The molecule has 0 aromatic heterocycles. The Morgan fingerprint density at radius 3 is 2.83 bits per heavy atom. The lowest BCUT2D eigenvalue weighted by atomic mass is 9.99. The van der Waals surface area contributed by atoms with Crippen molar-refractivity contribution in [2.75, 3.05) is 33.7 Å². The molecule has 1 fully saturated rings. The Morgan fingerprint density at radius 1 is 1.17 bits per heavy atom. The summed E-state index contributed by atoms with van der Waals surface area (Å²) in [5, 5.41) is 0. The van der Waals surface area contributed by atoms with Gasteiger partial charge in [-0.15, -0.1) is 0 Å². The molecule has 1 saturated heterocycles. The maximum Gasteiger partial charge on any atom is 0.176 e. The topological polar surface area (TPSA) is 23.6 Å². The number of nitrogens with zero attached hydrogens (tertiary/aromatic N) is 2. The molecular weight excluding hydrogens is 224 g/mol. The average Bonchev–Trinajstić information content (AvgIpc) is 2.70. The van der Waals surface area contributed by atoms with E-state index < -0.39 is 0 Å².